The van der Waals surface area contributed by atoms with Crippen molar-refractivity contribution in [1.29, 1.82) is 0 Å². The van der Waals surface area contributed by atoms with Gasteiger partial charge in [-0.15, -0.1) is 0 Å². The Morgan fingerprint density at radius 2 is 1.96 bits per heavy atom. The quantitative estimate of drug-likeness (QED) is 0.635. The Morgan fingerprint density at radius 3 is 2.62 bits per heavy atom. The van der Waals surface area contributed by atoms with Gasteiger partial charge in [0.1, 0.15) is 6.61 Å². The van der Waals surface area contributed by atoms with E-state index in [1.807, 2.05) is 31.5 Å². The van der Waals surface area contributed by atoms with Gasteiger partial charge < -0.3 is 18.8 Å². The molecular weight excluding hydrogens is 310 g/mol. The molecule has 6 heteroatoms. The van der Waals surface area contributed by atoms with Crippen LogP contribution in [0.3, 0.4) is 0 Å². The van der Waals surface area contributed by atoms with Crippen LogP contribution in [0.2, 0.25) is 0 Å². The summed E-state index contributed by atoms with van der Waals surface area (Å²) in [7, 11) is 1.89. The summed E-state index contributed by atoms with van der Waals surface area (Å²) in [6.45, 7) is 3.52. The number of carbonyl (C=O) groups is 2. The van der Waals surface area contributed by atoms with Crippen molar-refractivity contribution in [3.63, 3.8) is 0 Å². The van der Waals surface area contributed by atoms with Crippen molar-refractivity contribution >= 4 is 11.8 Å². The number of hydrogen-bond donors (Lipinski definition) is 0. The Balaban J connectivity index is 1.60. The predicted molar refractivity (Wildman–Crippen MR) is 86.5 cm³/mol. The number of ether oxygens (including phenoxy) is 3. The molecule has 0 N–H and O–H groups in total. The standard InChI is InChI=1S/C18H19NO5/c1-11-8-13(12(2)19(11)3)14(20)9-23-18(21)17-10-22-15-6-4-5-7-16(15)24-17/h4-8,17H,9-10H2,1-3H3. The highest BCUT2D eigenvalue weighted by atomic mass is 16.6. The van der Waals surface area contributed by atoms with Gasteiger partial charge in [-0.3, -0.25) is 4.79 Å². The molecule has 0 saturated carbocycles. The van der Waals surface area contributed by atoms with Gasteiger partial charge in [0, 0.05) is 24.0 Å². The van der Waals surface area contributed by atoms with Crippen molar-refractivity contribution in [3.05, 3.63) is 47.3 Å². The molecule has 24 heavy (non-hydrogen) atoms. The molecule has 126 valence electrons. The number of aromatic nitrogens is 1. The van der Waals surface area contributed by atoms with E-state index >= 15 is 0 Å². The summed E-state index contributed by atoms with van der Waals surface area (Å²) in [5.41, 5.74) is 2.39. The number of ketones is 1. The Morgan fingerprint density at radius 1 is 1.25 bits per heavy atom. The average molecular weight is 329 g/mol. The second kappa shape index (κ2) is 6.39. The summed E-state index contributed by atoms with van der Waals surface area (Å²) in [5.74, 6) is 0.240. The third kappa shape index (κ3) is 2.99. The largest absolute Gasteiger partial charge is 0.485 e. The number of Topliss-reactive ketones (excluding diaryl/α,β-unsaturated/α-hetero) is 1. The van der Waals surface area contributed by atoms with Crippen molar-refractivity contribution in [2.75, 3.05) is 13.2 Å². The van der Waals surface area contributed by atoms with E-state index in [2.05, 4.69) is 0 Å². The number of hydrogen-bond acceptors (Lipinski definition) is 5. The monoisotopic (exact) mass is 329 g/mol. The minimum Gasteiger partial charge on any atom is -0.485 e. The lowest BCUT2D eigenvalue weighted by molar-refractivity contribution is -0.153. The highest BCUT2D eigenvalue weighted by molar-refractivity contribution is 5.99. The first kappa shape index (κ1) is 16.1. The zero-order valence-corrected chi connectivity index (χ0v) is 13.9. The molecule has 0 saturated heterocycles. The predicted octanol–water partition coefficient (Wildman–Crippen LogP) is 2.21. The number of para-hydroxylation sites is 2. The molecule has 3 rings (SSSR count). The van der Waals surface area contributed by atoms with Gasteiger partial charge in [-0.05, 0) is 32.0 Å². The summed E-state index contributed by atoms with van der Waals surface area (Å²) in [6, 6.07) is 8.89. The fourth-order valence-electron chi connectivity index (χ4n) is 2.58. The number of benzene rings is 1. The molecule has 6 nitrogen and oxygen atoms in total. The molecule has 2 aromatic rings. The summed E-state index contributed by atoms with van der Waals surface area (Å²) < 4.78 is 18.1. The number of nitrogens with zero attached hydrogens (tertiary/aromatic N) is 1. The van der Waals surface area contributed by atoms with Crippen LogP contribution in [0.5, 0.6) is 11.5 Å². The maximum Gasteiger partial charge on any atom is 0.351 e. The van der Waals surface area contributed by atoms with E-state index in [9.17, 15) is 9.59 Å². The van der Waals surface area contributed by atoms with Crippen LogP contribution < -0.4 is 9.47 Å². The molecule has 0 fully saturated rings. The average Bonchev–Trinajstić information content (AvgIpc) is 2.86. The molecule has 2 heterocycles. The van der Waals surface area contributed by atoms with Crippen LogP contribution in [0.25, 0.3) is 0 Å². The van der Waals surface area contributed by atoms with Crippen LogP contribution in [0.4, 0.5) is 0 Å². The summed E-state index contributed by atoms with van der Waals surface area (Å²) in [4.78, 5) is 24.4. The van der Waals surface area contributed by atoms with Gasteiger partial charge >= 0.3 is 5.97 Å². The normalized spacial score (nSPS) is 15.9. The van der Waals surface area contributed by atoms with E-state index in [4.69, 9.17) is 14.2 Å². The number of carbonyl (C=O) groups excluding carboxylic acids is 2. The summed E-state index contributed by atoms with van der Waals surface area (Å²) in [5, 5.41) is 0. The lowest BCUT2D eigenvalue weighted by Crippen LogP contribution is -2.38. The number of fused-ring (bicyclic) bond motifs is 1. The minimum atomic E-state index is -0.869. The van der Waals surface area contributed by atoms with Crippen molar-refractivity contribution < 1.29 is 23.8 Å². The van der Waals surface area contributed by atoms with E-state index in [0.717, 1.165) is 11.4 Å². The third-order valence-electron chi connectivity index (χ3n) is 4.19. The van der Waals surface area contributed by atoms with Gasteiger partial charge in [0.25, 0.3) is 0 Å². The molecule has 1 aliphatic heterocycles. The van der Waals surface area contributed by atoms with Gasteiger partial charge in [0.05, 0.1) is 0 Å². The van der Waals surface area contributed by atoms with Crippen molar-refractivity contribution in [2.45, 2.75) is 20.0 Å². The van der Waals surface area contributed by atoms with Crippen LogP contribution >= 0.6 is 0 Å². The van der Waals surface area contributed by atoms with Gasteiger partial charge in [-0.2, -0.15) is 0 Å². The Bertz CT molecular complexity index is 793. The van der Waals surface area contributed by atoms with Crippen molar-refractivity contribution in [3.8, 4) is 11.5 Å². The minimum absolute atomic E-state index is 0.0630. The van der Waals surface area contributed by atoms with Gasteiger partial charge in [-0.1, -0.05) is 12.1 Å². The SMILES string of the molecule is Cc1cc(C(=O)COC(=O)C2COc3ccccc3O2)c(C)n1C. The molecule has 0 bridgehead atoms. The van der Waals surface area contributed by atoms with Gasteiger partial charge in [-0.25, -0.2) is 4.79 Å². The summed E-state index contributed by atoms with van der Waals surface area (Å²) >= 11 is 0. The maximum atomic E-state index is 12.3. The van der Waals surface area contributed by atoms with Crippen molar-refractivity contribution in [1.82, 2.24) is 4.57 Å². The topological polar surface area (TPSA) is 66.8 Å². The fourth-order valence-corrected chi connectivity index (χ4v) is 2.58. The Kier molecular flexibility index (Phi) is 4.29. The fraction of sp³-hybridized carbons (Fsp3) is 0.333. The van der Waals surface area contributed by atoms with E-state index in [-0.39, 0.29) is 19.0 Å². The highest BCUT2D eigenvalue weighted by Crippen LogP contribution is 2.31. The van der Waals surface area contributed by atoms with E-state index in [1.165, 1.54) is 0 Å². The van der Waals surface area contributed by atoms with Crippen LogP contribution in [-0.2, 0) is 16.6 Å². The maximum absolute atomic E-state index is 12.3. The molecule has 1 aromatic heterocycles. The lowest BCUT2D eigenvalue weighted by Gasteiger charge is -2.24. The molecule has 0 spiro atoms. The molecule has 1 aromatic carbocycles. The number of esters is 1. The van der Waals surface area contributed by atoms with Gasteiger partial charge in [0.2, 0.25) is 11.9 Å². The zero-order valence-electron chi connectivity index (χ0n) is 13.9. The van der Waals surface area contributed by atoms with Crippen LogP contribution in [0.15, 0.2) is 30.3 Å². The van der Waals surface area contributed by atoms with Gasteiger partial charge in [0.15, 0.2) is 18.1 Å². The first-order chi connectivity index (χ1) is 11.5. The van der Waals surface area contributed by atoms with E-state index < -0.39 is 12.1 Å². The van der Waals surface area contributed by atoms with E-state index in [1.54, 1.807) is 24.3 Å². The van der Waals surface area contributed by atoms with Crippen LogP contribution in [0, 0.1) is 13.8 Å². The molecular formula is C18H19NO5. The summed E-state index contributed by atoms with van der Waals surface area (Å²) in [6.07, 6.45) is -0.869. The second-order valence-corrected chi connectivity index (χ2v) is 5.74. The number of aryl methyl sites for hydroxylation is 1. The molecule has 1 atom stereocenters. The van der Waals surface area contributed by atoms with Crippen LogP contribution in [-0.4, -0.2) is 35.6 Å². The molecule has 0 amide bonds. The first-order valence-corrected chi connectivity index (χ1v) is 7.68. The number of rotatable bonds is 4. The molecule has 1 unspecified atom stereocenters. The Hall–Kier alpha value is -2.76. The lowest BCUT2D eigenvalue weighted by atomic mass is 10.1. The van der Waals surface area contributed by atoms with Crippen molar-refractivity contribution in [2.24, 2.45) is 7.05 Å². The van der Waals surface area contributed by atoms with E-state index in [0.29, 0.717) is 17.1 Å². The van der Waals surface area contributed by atoms with Crippen LogP contribution in [0.1, 0.15) is 21.7 Å². The highest BCUT2D eigenvalue weighted by Gasteiger charge is 2.29. The smallest absolute Gasteiger partial charge is 0.351 e. The first-order valence-electron chi connectivity index (χ1n) is 7.68. The molecule has 1 aliphatic rings. The zero-order chi connectivity index (χ0) is 17.3. The third-order valence-corrected chi connectivity index (χ3v) is 4.19. The Labute approximate surface area is 139 Å². The second-order valence-electron chi connectivity index (χ2n) is 5.74. The molecule has 0 aliphatic carbocycles. The molecule has 0 radical (unpaired) electrons.